The van der Waals surface area contributed by atoms with Crippen LogP contribution in [0.2, 0.25) is 0 Å². The Morgan fingerprint density at radius 2 is 1.89 bits per heavy atom. The van der Waals surface area contributed by atoms with Gasteiger partial charge in [-0.3, -0.25) is 9.59 Å². The molecule has 0 saturated carbocycles. The molecule has 0 aliphatic carbocycles. The Hall–Kier alpha value is -1.10. The topological polar surface area (TPSA) is 69.6 Å². The van der Waals surface area contributed by atoms with Gasteiger partial charge in [0, 0.05) is 25.9 Å². The molecule has 19 heavy (non-hydrogen) atoms. The van der Waals surface area contributed by atoms with Crippen LogP contribution in [0.1, 0.15) is 45.4 Å². The summed E-state index contributed by atoms with van der Waals surface area (Å²) in [6.07, 6.45) is 4.70. The average molecular weight is 270 g/mol. The summed E-state index contributed by atoms with van der Waals surface area (Å²) >= 11 is 0. The fraction of sp³-hybridized carbons (Fsp3) is 0.857. The molecule has 0 bridgehead atoms. The van der Waals surface area contributed by atoms with Gasteiger partial charge in [-0.1, -0.05) is 13.3 Å². The number of nitrogens with one attached hydrogen (secondary N) is 1. The Morgan fingerprint density at radius 3 is 2.53 bits per heavy atom. The lowest BCUT2D eigenvalue weighted by atomic mass is 10.1. The Balaban J connectivity index is 2.06. The first kappa shape index (κ1) is 16.0. The summed E-state index contributed by atoms with van der Waals surface area (Å²) in [6, 6.07) is 0. The van der Waals surface area contributed by atoms with Gasteiger partial charge in [-0.15, -0.1) is 0 Å². The number of hydrogen-bond donors (Lipinski definition) is 2. The fourth-order valence-electron chi connectivity index (χ4n) is 2.42. The summed E-state index contributed by atoms with van der Waals surface area (Å²) < 4.78 is 0. The van der Waals surface area contributed by atoms with Gasteiger partial charge in [0.05, 0.1) is 0 Å². The van der Waals surface area contributed by atoms with E-state index in [9.17, 15) is 9.59 Å². The van der Waals surface area contributed by atoms with Crippen LogP contribution in [0.5, 0.6) is 0 Å². The Bertz CT molecular complexity index is 288. The maximum Gasteiger partial charge on any atom is 0.303 e. The number of carbonyl (C=O) groups is 2. The van der Waals surface area contributed by atoms with Crippen molar-refractivity contribution in [1.82, 2.24) is 10.2 Å². The summed E-state index contributed by atoms with van der Waals surface area (Å²) in [4.78, 5) is 24.3. The first-order valence-electron chi connectivity index (χ1n) is 7.29. The number of carboxylic acid groups (broad SMARTS) is 1. The number of piperidine rings is 1. The largest absolute Gasteiger partial charge is 0.481 e. The van der Waals surface area contributed by atoms with Crippen molar-refractivity contribution in [1.29, 1.82) is 0 Å². The third-order valence-electron chi connectivity index (χ3n) is 3.46. The van der Waals surface area contributed by atoms with Crippen molar-refractivity contribution in [3.05, 3.63) is 0 Å². The zero-order valence-electron chi connectivity index (χ0n) is 11.9. The van der Waals surface area contributed by atoms with Gasteiger partial charge in [0.1, 0.15) is 0 Å². The van der Waals surface area contributed by atoms with Crippen LogP contribution in [0.25, 0.3) is 0 Å². The molecule has 0 aromatic heterocycles. The van der Waals surface area contributed by atoms with Crippen LogP contribution >= 0.6 is 0 Å². The fourth-order valence-corrected chi connectivity index (χ4v) is 2.42. The monoisotopic (exact) mass is 270 g/mol. The molecule has 0 radical (unpaired) electrons. The summed E-state index contributed by atoms with van der Waals surface area (Å²) in [7, 11) is 0. The highest BCUT2D eigenvalue weighted by atomic mass is 16.4. The molecule has 1 aliphatic rings. The highest BCUT2D eigenvalue weighted by molar-refractivity contribution is 5.76. The smallest absolute Gasteiger partial charge is 0.303 e. The predicted octanol–water partition coefficient (Wildman–Crippen LogP) is 1.48. The van der Waals surface area contributed by atoms with Crippen molar-refractivity contribution >= 4 is 11.9 Å². The van der Waals surface area contributed by atoms with Crippen molar-refractivity contribution in [2.45, 2.75) is 45.4 Å². The van der Waals surface area contributed by atoms with Crippen LogP contribution in [0.15, 0.2) is 0 Å². The van der Waals surface area contributed by atoms with Gasteiger partial charge in [0.2, 0.25) is 5.91 Å². The normalized spacial score (nSPS) is 17.9. The third-order valence-corrected chi connectivity index (χ3v) is 3.46. The lowest BCUT2D eigenvalue weighted by Crippen LogP contribution is -2.38. The van der Waals surface area contributed by atoms with Crippen molar-refractivity contribution < 1.29 is 14.7 Å². The van der Waals surface area contributed by atoms with Crippen LogP contribution in [-0.4, -0.2) is 48.1 Å². The van der Waals surface area contributed by atoms with E-state index in [1.165, 1.54) is 32.4 Å². The van der Waals surface area contributed by atoms with E-state index in [1.807, 2.05) is 0 Å². The van der Waals surface area contributed by atoms with Crippen LogP contribution in [0, 0.1) is 5.92 Å². The van der Waals surface area contributed by atoms with E-state index in [0.29, 0.717) is 25.3 Å². The van der Waals surface area contributed by atoms with Crippen molar-refractivity contribution in [3.63, 3.8) is 0 Å². The van der Waals surface area contributed by atoms with E-state index in [2.05, 4.69) is 17.1 Å². The molecule has 0 aromatic carbocycles. The van der Waals surface area contributed by atoms with Gasteiger partial charge in [-0.25, -0.2) is 0 Å². The van der Waals surface area contributed by atoms with Gasteiger partial charge in [-0.05, 0) is 38.3 Å². The number of amides is 1. The van der Waals surface area contributed by atoms with E-state index in [-0.39, 0.29) is 12.3 Å². The Labute approximate surface area is 115 Å². The Morgan fingerprint density at radius 1 is 1.21 bits per heavy atom. The molecule has 1 atom stereocenters. The molecule has 1 aliphatic heterocycles. The molecule has 1 fully saturated rings. The number of likely N-dealkylation sites (tertiary alicyclic amines) is 1. The molecule has 1 heterocycles. The number of aliphatic carboxylic acids is 1. The molecule has 0 aromatic rings. The van der Waals surface area contributed by atoms with Crippen molar-refractivity contribution in [3.8, 4) is 0 Å². The summed E-state index contributed by atoms with van der Waals surface area (Å²) in [5.41, 5.74) is 0. The van der Waals surface area contributed by atoms with E-state index >= 15 is 0 Å². The number of rotatable bonds is 8. The second-order valence-electron chi connectivity index (χ2n) is 5.52. The average Bonchev–Trinajstić information content (AvgIpc) is 2.37. The zero-order valence-corrected chi connectivity index (χ0v) is 11.9. The zero-order chi connectivity index (χ0) is 14.1. The molecule has 110 valence electrons. The van der Waals surface area contributed by atoms with Gasteiger partial charge in [-0.2, -0.15) is 0 Å². The first-order valence-corrected chi connectivity index (χ1v) is 7.29. The maximum absolute atomic E-state index is 11.5. The molecule has 1 rings (SSSR count). The highest BCUT2D eigenvalue weighted by Crippen LogP contribution is 2.10. The molecule has 0 spiro atoms. The van der Waals surface area contributed by atoms with Crippen LogP contribution < -0.4 is 5.32 Å². The summed E-state index contributed by atoms with van der Waals surface area (Å²) in [6.45, 7) is 6.22. The quantitative estimate of drug-likeness (QED) is 0.701. The first-order chi connectivity index (χ1) is 9.08. The second-order valence-corrected chi connectivity index (χ2v) is 5.52. The van der Waals surface area contributed by atoms with Crippen molar-refractivity contribution in [2.75, 3.05) is 26.2 Å². The van der Waals surface area contributed by atoms with Gasteiger partial charge in [0.15, 0.2) is 0 Å². The summed E-state index contributed by atoms with van der Waals surface area (Å²) in [5, 5.41) is 11.4. The summed E-state index contributed by atoms with van der Waals surface area (Å²) in [5.74, 6) is -0.431. The van der Waals surface area contributed by atoms with Gasteiger partial charge >= 0.3 is 5.97 Å². The van der Waals surface area contributed by atoms with E-state index in [0.717, 1.165) is 6.54 Å². The molecule has 5 nitrogen and oxygen atoms in total. The lowest BCUT2D eigenvalue weighted by Gasteiger charge is -2.29. The minimum Gasteiger partial charge on any atom is -0.481 e. The van der Waals surface area contributed by atoms with Crippen LogP contribution in [0.3, 0.4) is 0 Å². The number of carbonyl (C=O) groups excluding carboxylic acids is 1. The predicted molar refractivity (Wildman–Crippen MR) is 74.0 cm³/mol. The van der Waals surface area contributed by atoms with Crippen LogP contribution in [-0.2, 0) is 9.59 Å². The lowest BCUT2D eigenvalue weighted by molar-refractivity contribution is -0.137. The number of nitrogens with zero attached hydrogens (tertiary/aromatic N) is 1. The second kappa shape index (κ2) is 8.91. The molecule has 1 unspecified atom stereocenters. The van der Waals surface area contributed by atoms with Crippen molar-refractivity contribution in [2.24, 2.45) is 5.92 Å². The third kappa shape index (κ3) is 7.82. The minimum absolute atomic E-state index is 0.0354. The molecule has 1 amide bonds. The van der Waals surface area contributed by atoms with Gasteiger partial charge in [0.25, 0.3) is 0 Å². The number of carboxylic acids is 1. The Kier molecular flexibility index (Phi) is 7.48. The van der Waals surface area contributed by atoms with E-state index in [4.69, 9.17) is 5.11 Å². The molecular weight excluding hydrogens is 244 g/mol. The van der Waals surface area contributed by atoms with Gasteiger partial charge < -0.3 is 15.3 Å². The molecule has 5 heteroatoms. The maximum atomic E-state index is 11.5. The molecule has 1 saturated heterocycles. The molecular formula is C14H26N2O3. The van der Waals surface area contributed by atoms with Crippen LogP contribution in [0.4, 0.5) is 0 Å². The highest BCUT2D eigenvalue weighted by Gasteiger charge is 2.14. The van der Waals surface area contributed by atoms with E-state index in [1.54, 1.807) is 0 Å². The molecule has 2 N–H and O–H groups in total. The standard InChI is InChI=1S/C14H26N2O3/c1-12(11-16-8-3-2-4-9-16)10-15-13(17)6-5-7-14(18)19/h12H,2-11H2,1H3,(H,15,17)(H,18,19). The number of hydrogen-bond acceptors (Lipinski definition) is 3. The SMILES string of the molecule is CC(CNC(=O)CCCC(=O)O)CN1CCCCC1. The minimum atomic E-state index is -0.841. The van der Waals surface area contributed by atoms with E-state index < -0.39 is 5.97 Å².